The number of furan rings is 1. The van der Waals surface area contributed by atoms with Gasteiger partial charge in [0.1, 0.15) is 10.4 Å². The van der Waals surface area contributed by atoms with Gasteiger partial charge in [0.2, 0.25) is 17.6 Å². The molecule has 25 rings (SSSR count). The minimum absolute atomic E-state index is 0.508. The van der Waals surface area contributed by atoms with Gasteiger partial charge in [0, 0.05) is 86.5 Å². The molecule has 0 saturated carbocycles. The lowest BCUT2D eigenvalue weighted by Gasteiger charge is -2.12. The lowest BCUT2D eigenvalue weighted by Crippen LogP contribution is -2.03. The van der Waals surface area contributed by atoms with Crippen LogP contribution < -0.4 is 0 Å². The van der Waals surface area contributed by atoms with Crippen LogP contribution in [0, 0.1) is 0 Å². The third kappa shape index (κ3) is 9.40. The van der Waals surface area contributed by atoms with Crippen molar-refractivity contribution in [3.05, 3.63) is 364 Å². The number of hydrogen-bond donors (Lipinski definition) is 0. The maximum absolute atomic E-state index is 7.06. The van der Waals surface area contributed by atoms with Crippen molar-refractivity contribution in [3.8, 4) is 79.2 Å². The normalized spacial score (nSPS) is 12.2. The fraction of sp³-hybridized carbons (Fsp3) is 0. The molecule has 17 aromatic carbocycles. The smallest absolute Gasteiger partial charge is 0.238 e. The lowest BCUT2D eigenvalue weighted by molar-refractivity contribution is 0.651. The van der Waals surface area contributed by atoms with Crippen molar-refractivity contribution < 1.29 is 4.42 Å². The van der Waals surface area contributed by atoms with E-state index in [2.05, 4.69) is 382 Å². The van der Waals surface area contributed by atoms with Gasteiger partial charge in [-0.15, -0.1) is 11.3 Å². The highest BCUT2D eigenvalue weighted by Gasteiger charge is 2.27. The number of benzene rings is 17. The molecule has 0 radical (unpaired) electrons. The van der Waals surface area contributed by atoms with E-state index in [1.54, 1.807) is 11.3 Å². The van der Waals surface area contributed by atoms with Crippen LogP contribution in [0.1, 0.15) is 0 Å². The molecule has 0 aliphatic carbocycles. The van der Waals surface area contributed by atoms with E-state index in [1.807, 2.05) is 0 Å². The summed E-state index contributed by atoms with van der Waals surface area (Å²) in [5.74, 6) is 1.14. The van der Waals surface area contributed by atoms with Crippen LogP contribution in [-0.2, 0) is 0 Å². The molecular formula is C104H60N8OS. The Kier molecular flexibility index (Phi) is 13.3. The van der Waals surface area contributed by atoms with Crippen LogP contribution in [0.4, 0.5) is 0 Å². The molecule has 0 atom stereocenters. The molecule has 8 heterocycles. The van der Waals surface area contributed by atoms with Gasteiger partial charge in [0.25, 0.3) is 0 Å². The molecule has 0 fully saturated rings. The van der Waals surface area contributed by atoms with E-state index in [4.69, 9.17) is 24.4 Å². The van der Waals surface area contributed by atoms with Gasteiger partial charge < -0.3 is 13.6 Å². The van der Waals surface area contributed by atoms with Crippen LogP contribution in [-0.4, -0.2) is 38.2 Å². The second-order valence-electron chi connectivity index (χ2n) is 30.0. The van der Waals surface area contributed by atoms with E-state index in [1.165, 1.54) is 32.3 Å². The summed E-state index contributed by atoms with van der Waals surface area (Å²) in [5, 5.41) is 20.2. The molecule has 528 valence electrons. The first-order valence-electron chi connectivity index (χ1n) is 38.6. The summed E-state index contributed by atoms with van der Waals surface area (Å²) >= 11 is 1.73. The highest BCUT2D eigenvalue weighted by Crippen LogP contribution is 2.48. The predicted molar refractivity (Wildman–Crippen MR) is 475 cm³/mol. The summed E-state index contributed by atoms with van der Waals surface area (Å²) in [6, 6.07) is 132. The van der Waals surface area contributed by atoms with Gasteiger partial charge >= 0.3 is 0 Å². The summed E-state index contributed by atoms with van der Waals surface area (Å²) < 4.78 is 17.5. The Hall–Kier alpha value is -15.1. The van der Waals surface area contributed by atoms with Gasteiger partial charge in [-0.3, -0.25) is 9.13 Å². The molecule has 0 spiro atoms. The second kappa shape index (κ2) is 24.2. The minimum atomic E-state index is 0.508. The zero-order valence-corrected chi connectivity index (χ0v) is 61.9. The molecule has 0 saturated heterocycles. The maximum Gasteiger partial charge on any atom is 0.238 e. The quantitative estimate of drug-likeness (QED) is 0.144. The van der Waals surface area contributed by atoms with Gasteiger partial charge in [-0.1, -0.05) is 255 Å². The van der Waals surface area contributed by atoms with Crippen molar-refractivity contribution in [2.45, 2.75) is 0 Å². The van der Waals surface area contributed by atoms with Gasteiger partial charge in [0.05, 0.1) is 60.9 Å². The topological polar surface area (TPSA) is 84.4 Å². The van der Waals surface area contributed by atoms with Crippen LogP contribution in [0.3, 0.4) is 0 Å². The highest BCUT2D eigenvalue weighted by atomic mass is 32.1. The molecule has 0 aliphatic heterocycles. The number of hydrogen-bond acceptors (Lipinski definition) is 6. The Morgan fingerprint density at radius 1 is 0.228 bits per heavy atom. The number of thiophene rings is 1. The van der Waals surface area contributed by atoms with Gasteiger partial charge in [-0.25, -0.2) is 15.0 Å². The van der Waals surface area contributed by atoms with E-state index in [9.17, 15) is 0 Å². The van der Waals surface area contributed by atoms with Crippen molar-refractivity contribution in [3.63, 3.8) is 0 Å². The lowest BCUT2D eigenvalue weighted by atomic mass is 9.96. The number of para-hydroxylation sites is 5. The minimum Gasteiger partial charge on any atom is -0.437 e. The SMILES string of the molecule is c1ccc(-n2c3ccccc3c3ccc(-c4nc(-n5c6cc7ccccc7cc6c6c(-c7ccc(-c8ccc9c(c8)sc8nc(-n%10c%11ccccc%11c%11cc%12ccccc%12cc%11%10)nc(-c%10ccc%11c%12ccccc%12n(-c%12ccccc%12)c%11c%10)c89)cc7)cccc65)nc5oc6ccc(-c7ccc8ccccc8c7)cc6c45)cc32)cc1. The van der Waals surface area contributed by atoms with Gasteiger partial charge in [-0.2, -0.15) is 4.98 Å². The first-order chi connectivity index (χ1) is 56.5. The average molecular weight is 1470 g/mol. The molecule has 25 aromatic rings. The van der Waals surface area contributed by atoms with E-state index in [0.717, 1.165) is 191 Å². The first-order valence-corrected chi connectivity index (χ1v) is 39.5. The summed E-state index contributed by atoms with van der Waals surface area (Å²) in [4.78, 5) is 23.8. The predicted octanol–water partition coefficient (Wildman–Crippen LogP) is 27.7. The van der Waals surface area contributed by atoms with Crippen molar-refractivity contribution in [1.29, 1.82) is 0 Å². The molecule has 114 heavy (non-hydrogen) atoms. The van der Waals surface area contributed by atoms with Crippen molar-refractivity contribution in [2.75, 3.05) is 0 Å². The van der Waals surface area contributed by atoms with Crippen LogP contribution in [0.25, 0.3) is 241 Å². The molecular weight excluding hydrogens is 1410 g/mol. The Bertz CT molecular complexity index is 8430. The van der Waals surface area contributed by atoms with Crippen LogP contribution in [0.15, 0.2) is 368 Å². The molecule has 8 aromatic heterocycles. The first kappa shape index (κ1) is 62.8. The molecule has 10 heteroatoms. The van der Waals surface area contributed by atoms with Gasteiger partial charge in [0.15, 0.2) is 0 Å². The monoisotopic (exact) mass is 1470 g/mol. The molecule has 0 unspecified atom stereocenters. The summed E-state index contributed by atoms with van der Waals surface area (Å²) in [7, 11) is 0. The number of fused-ring (bicyclic) bond motifs is 21. The molecule has 0 bridgehead atoms. The Morgan fingerprint density at radius 3 is 1.32 bits per heavy atom. The summed E-state index contributed by atoms with van der Waals surface area (Å²) in [5.41, 5.74) is 22.2. The molecule has 0 aliphatic rings. The average Bonchev–Trinajstić information content (AvgIpc) is 1.56. The van der Waals surface area contributed by atoms with Crippen molar-refractivity contribution in [1.82, 2.24) is 38.2 Å². The fourth-order valence-electron chi connectivity index (χ4n) is 18.5. The Balaban J connectivity index is 0.655. The third-order valence-electron chi connectivity index (χ3n) is 23.8. The van der Waals surface area contributed by atoms with E-state index < -0.39 is 0 Å². The van der Waals surface area contributed by atoms with E-state index in [0.29, 0.717) is 17.6 Å². The molecule has 0 N–H and O–H groups in total. The number of rotatable bonds is 9. The number of aromatic nitrogens is 8. The zero-order valence-electron chi connectivity index (χ0n) is 61.0. The molecule has 9 nitrogen and oxygen atoms in total. The van der Waals surface area contributed by atoms with E-state index >= 15 is 0 Å². The molecule has 0 amide bonds. The van der Waals surface area contributed by atoms with Crippen LogP contribution >= 0.6 is 11.3 Å². The van der Waals surface area contributed by atoms with E-state index in [-0.39, 0.29) is 0 Å². The standard InChI is InChI=1S/C104H60N8OS/c1-3-26-74(27-4-1)109-86-34-16-13-30-77(86)80-48-45-72(58-90(80)109)99-97-85-55-70(69-43-40-61-20-7-8-21-64(61)52-69)47-51-94(85)113-101(97)107-103(105-99)112-89-37-19-33-76(96(89)84-54-66-23-10-12-25-68(66)57-93(84)112)63-41-38-62(39-42-63)71-44-50-82-95(60-71)114-102-98(82)100(73-46-49-81-78-31-14-17-35-87(78)110(91(81)59-73)75-28-5-2-6-29-75)106-104(108-102)111-88-36-18-15-32-79(88)83-53-65-22-9-11-24-67(65)56-92(83)111/h1-60H. The Labute approximate surface area is 654 Å². The summed E-state index contributed by atoms with van der Waals surface area (Å²) in [6.07, 6.45) is 0. The van der Waals surface area contributed by atoms with Gasteiger partial charge in [-0.05, 0) is 175 Å². The van der Waals surface area contributed by atoms with Crippen molar-refractivity contribution in [2.24, 2.45) is 0 Å². The maximum atomic E-state index is 7.06. The summed E-state index contributed by atoms with van der Waals surface area (Å²) in [6.45, 7) is 0. The Morgan fingerprint density at radius 2 is 0.667 bits per heavy atom. The second-order valence-corrected chi connectivity index (χ2v) is 31.1. The van der Waals surface area contributed by atoms with Crippen LogP contribution in [0.2, 0.25) is 0 Å². The highest BCUT2D eigenvalue weighted by molar-refractivity contribution is 7.25. The fourth-order valence-corrected chi connectivity index (χ4v) is 19.7. The van der Waals surface area contributed by atoms with Crippen molar-refractivity contribution >= 4 is 173 Å². The largest absolute Gasteiger partial charge is 0.437 e. The van der Waals surface area contributed by atoms with Crippen LogP contribution in [0.5, 0.6) is 0 Å². The zero-order chi connectivity index (χ0) is 74.4. The number of nitrogens with zero attached hydrogens (tertiary/aromatic N) is 8. The third-order valence-corrected chi connectivity index (χ3v) is 24.8.